The highest BCUT2D eigenvalue weighted by atomic mass is 19.4. The van der Waals surface area contributed by atoms with Crippen molar-refractivity contribution in [2.75, 3.05) is 5.32 Å². The molecule has 13 heteroatoms. The molecule has 0 fully saturated rings. The first kappa shape index (κ1) is 27.2. The maximum Gasteiger partial charge on any atom is 0.435 e. The fourth-order valence-electron chi connectivity index (χ4n) is 4.04. The molecule has 1 aliphatic carbocycles. The van der Waals surface area contributed by atoms with Gasteiger partial charge in [-0.05, 0) is 53.8 Å². The topological polar surface area (TPSA) is 134 Å². The van der Waals surface area contributed by atoms with Crippen molar-refractivity contribution >= 4 is 23.0 Å². The first-order valence-electron chi connectivity index (χ1n) is 11.4. The zero-order valence-electron chi connectivity index (χ0n) is 20.1. The molecule has 39 heavy (non-hydrogen) atoms. The number of nitro benzene ring substituents is 1. The van der Waals surface area contributed by atoms with Crippen molar-refractivity contribution in [1.82, 2.24) is 9.78 Å². The van der Waals surface area contributed by atoms with Crippen LogP contribution in [0.4, 0.5) is 28.9 Å². The number of carbonyl (C=O) groups excluding carboxylic acids is 1. The maximum atomic E-state index is 14.6. The van der Waals surface area contributed by atoms with Crippen LogP contribution in [0.5, 0.6) is 0 Å². The molecule has 1 amide bonds. The highest BCUT2D eigenvalue weighted by Gasteiger charge is 2.36. The van der Waals surface area contributed by atoms with E-state index in [1.54, 1.807) is 13.0 Å². The number of nitrogens with one attached hydrogen (secondary N) is 1. The lowest BCUT2D eigenvalue weighted by atomic mass is 9.95. The molecule has 9 nitrogen and oxygen atoms in total. The van der Waals surface area contributed by atoms with Crippen molar-refractivity contribution in [1.29, 1.82) is 5.26 Å². The quantitative estimate of drug-likeness (QED) is 0.237. The monoisotopic (exact) mass is 541 g/mol. The average molecular weight is 541 g/mol. The van der Waals surface area contributed by atoms with Crippen molar-refractivity contribution in [2.24, 2.45) is 5.92 Å². The van der Waals surface area contributed by atoms with Gasteiger partial charge in [0.2, 0.25) is 0 Å². The predicted molar refractivity (Wildman–Crippen MR) is 130 cm³/mol. The maximum absolute atomic E-state index is 14.6. The molecule has 200 valence electrons. The van der Waals surface area contributed by atoms with E-state index >= 15 is 0 Å². The van der Waals surface area contributed by atoms with Gasteiger partial charge in [-0.25, -0.2) is 9.07 Å². The number of aliphatic hydroxyl groups is 1. The number of nitrogens with zero attached hydrogens (tertiary/aromatic N) is 4. The average Bonchev–Trinajstić information content (AvgIpc) is 3.36. The van der Waals surface area contributed by atoms with E-state index < -0.39 is 46.0 Å². The third-order valence-corrected chi connectivity index (χ3v) is 5.91. The summed E-state index contributed by atoms with van der Waals surface area (Å²) in [4.78, 5) is 23.4. The summed E-state index contributed by atoms with van der Waals surface area (Å²) < 4.78 is 55.8. The molecule has 3 aromatic rings. The van der Waals surface area contributed by atoms with Crippen molar-refractivity contribution in [3.05, 3.63) is 105 Å². The number of nitro groups is 1. The van der Waals surface area contributed by atoms with Gasteiger partial charge in [0.1, 0.15) is 17.6 Å². The van der Waals surface area contributed by atoms with Crippen LogP contribution in [0.3, 0.4) is 0 Å². The molecule has 0 aliphatic heterocycles. The number of halogens is 4. The Morgan fingerprint density at radius 3 is 2.51 bits per heavy atom. The van der Waals surface area contributed by atoms with Gasteiger partial charge in [0.25, 0.3) is 11.6 Å². The number of carbonyl (C=O) groups is 1. The minimum absolute atomic E-state index is 0.0776. The molecule has 2 aromatic carbocycles. The Kier molecular flexibility index (Phi) is 7.33. The minimum Gasteiger partial charge on any atom is -0.384 e. The molecule has 0 spiro atoms. The number of hydrogen-bond donors (Lipinski definition) is 2. The molecule has 0 saturated carbocycles. The fraction of sp³-hybridized carbons (Fsp3) is 0.192. The van der Waals surface area contributed by atoms with Crippen LogP contribution >= 0.6 is 0 Å². The number of hydrogen-bond acceptors (Lipinski definition) is 6. The SMILES string of the molecule is CC1C=C(n2nc(C(F)(F)F)cc2C(=O)Nc2cc(C(O)c3ccc([N+](=O)[O-])cc3)ccc2F)C=C(C#N)C1. The molecular formula is C26H19F4N5O4. The van der Waals surface area contributed by atoms with Crippen molar-refractivity contribution < 1.29 is 32.4 Å². The zero-order chi connectivity index (χ0) is 28.5. The van der Waals surface area contributed by atoms with Gasteiger partial charge in [0, 0.05) is 23.8 Å². The Labute approximate surface area is 218 Å². The second-order valence-corrected chi connectivity index (χ2v) is 8.82. The molecule has 1 heterocycles. The second kappa shape index (κ2) is 10.5. The lowest BCUT2D eigenvalue weighted by molar-refractivity contribution is -0.384. The van der Waals surface area contributed by atoms with Gasteiger partial charge in [-0.3, -0.25) is 14.9 Å². The van der Waals surface area contributed by atoms with E-state index in [4.69, 9.17) is 0 Å². The molecule has 2 unspecified atom stereocenters. The molecule has 0 saturated heterocycles. The number of benzene rings is 2. The summed E-state index contributed by atoms with van der Waals surface area (Å²) in [6.07, 6.45) is -2.99. The third kappa shape index (κ3) is 5.86. The van der Waals surface area contributed by atoms with Crippen LogP contribution in [-0.4, -0.2) is 25.7 Å². The standard InChI is InChI=1S/C26H19F4N5O4/c1-14-8-15(13-31)10-19(9-14)34-22(12-23(33-34)26(28,29)30)25(37)32-21-11-17(4-7-20(21)27)24(36)16-2-5-18(6-3-16)35(38)39/h2-7,9-12,14,24,36H,8H2,1H3,(H,32,37). The fourth-order valence-corrected chi connectivity index (χ4v) is 4.04. The van der Waals surface area contributed by atoms with Gasteiger partial charge in [-0.2, -0.15) is 23.5 Å². The van der Waals surface area contributed by atoms with Crippen molar-refractivity contribution in [3.63, 3.8) is 0 Å². The number of rotatable bonds is 6. The van der Waals surface area contributed by atoms with Crippen molar-refractivity contribution in [3.8, 4) is 6.07 Å². The van der Waals surface area contributed by atoms with Crippen LogP contribution in [0, 0.1) is 33.2 Å². The highest BCUT2D eigenvalue weighted by molar-refractivity contribution is 6.04. The van der Waals surface area contributed by atoms with Gasteiger partial charge >= 0.3 is 6.18 Å². The lowest BCUT2D eigenvalue weighted by Crippen LogP contribution is -2.19. The highest BCUT2D eigenvalue weighted by Crippen LogP contribution is 2.33. The van der Waals surface area contributed by atoms with Crippen molar-refractivity contribution in [2.45, 2.75) is 25.6 Å². The summed E-state index contributed by atoms with van der Waals surface area (Å²) >= 11 is 0. The summed E-state index contributed by atoms with van der Waals surface area (Å²) in [7, 11) is 0. The van der Waals surface area contributed by atoms with Gasteiger partial charge < -0.3 is 10.4 Å². The largest absolute Gasteiger partial charge is 0.435 e. The van der Waals surface area contributed by atoms with E-state index in [-0.39, 0.29) is 34.0 Å². The van der Waals surface area contributed by atoms with E-state index in [0.29, 0.717) is 12.5 Å². The Bertz CT molecular complexity index is 1550. The molecule has 4 rings (SSSR count). The smallest absolute Gasteiger partial charge is 0.384 e. The summed E-state index contributed by atoms with van der Waals surface area (Å²) in [6.45, 7) is 1.75. The van der Waals surface area contributed by atoms with Gasteiger partial charge in [0.15, 0.2) is 5.69 Å². The lowest BCUT2D eigenvalue weighted by Gasteiger charge is -2.17. The first-order chi connectivity index (χ1) is 18.4. The minimum atomic E-state index is -4.89. The summed E-state index contributed by atoms with van der Waals surface area (Å²) in [5, 5.41) is 36.6. The number of non-ortho nitro benzene ring substituents is 1. The molecule has 2 N–H and O–H groups in total. The molecular weight excluding hydrogens is 522 g/mol. The van der Waals surface area contributed by atoms with Crippen LogP contribution in [0.25, 0.3) is 5.70 Å². The Morgan fingerprint density at radius 1 is 1.23 bits per heavy atom. The number of nitriles is 1. The van der Waals surface area contributed by atoms with Crippen LogP contribution in [0.15, 0.2) is 66.3 Å². The second-order valence-electron chi connectivity index (χ2n) is 8.82. The van der Waals surface area contributed by atoms with Crippen LogP contribution in [0.2, 0.25) is 0 Å². The van der Waals surface area contributed by atoms with E-state index in [1.165, 1.54) is 36.4 Å². The van der Waals surface area contributed by atoms with Gasteiger partial charge in [0.05, 0.1) is 22.4 Å². The summed E-state index contributed by atoms with van der Waals surface area (Å²) in [5.74, 6) is -2.27. The summed E-state index contributed by atoms with van der Waals surface area (Å²) in [5.41, 5.74) is -1.83. The predicted octanol–water partition coefficient (Wildman–Crippen LogP) is 5.61. The molecule has 1 aromatic heterocycles. The van der Waals surface area contributed by atoms with E-state index in [9.17, 15) is 42.8 Å². The summed E-state index contributed by atoms with van der Waals surface area (Å²) in [6, 6.07) is 10.7. The Balaban J connectivity index is 1.68. The molecule has 2 atom stereocenters. The number of aromatic nitrogens is 2. The zero-order valence-corrected chi connectivity index (χ0v) is 20.1. The number of amides is 1. The van der Waals surface area contributed by atoms with Gasteiger partial charge in [-0.1, -0.05) is 19.1 Å². The van der Waals surface area contributed by atoms with Crippen LogP contribution in [-0.2, 0) is 6.18 Å². The Morgan fingerprint density at radius 2 is 1.90 bits per heavy atom. The number of alkyl halides is 3. The number of anilines is 1. The normalized spacial score (nSPS) is 16.1. The molecule has 0 bridgehead atoms. The third-order valence-electron chi connectivity index (χ3n) is 5.91. The molecule has 1 aliphatic rings. The number of aliphatic hydroxyl groups excluding tert-OH is 1. The van der Waals surface area contributed by atoms with Crippen LogP contribution < -0.4 is 5.32 Å². The Hall–Kier alpha value is -4.83. The molecule has 0 radical (unpaired) electrons. The van der Waals surface area contributed by atoms with Gasteiger partial charge in [-0.15, -0.1) is 0 Å². The van der Waals surface area contributed by atoms with E-state index in [2.05, 4.69) is 10.4 Å². The number of allylic oxidation sites excluding steroid dienone is 4. The van der Waals surface area contributed by atoms with E-state index in [0.717, 1.165) is 16.8 Å². The first-order valence-corrected chi connectivity index (χ1v) is 11.4. The van der Waals surface area contributed by atoms with E-state index in [1.807, 2.05) is 6.07 Å². The van der Waals surface area contributed by atoms with Crippen LogP contribution in [0.1, 0.15) is 46.8 Å².